The summed E-state index contributed by atoms with van der Waals surface area (Å²) in [6.45, 7) is 0. The number of hydrogen-bond acceptors (Lipinski definition) is 6. The van der Waals surface area contributed by atoms with E-state index >= 15 is 0 Å². The van der Waals surface area contributed by atoms with E-state index < -0.39 is 0 Å². The first-order valence-electron chi connectivity index (χ1n) is 15.4. The van der Waals surface area contributed by atoms with Gasteiger partial charge in [0.2, 0.25) is 0 Å². The van der Waals surface area contributed by atoms with Crippen LogP contribution in [0.5, 0.6) is 0 Å². The van der Waals surface area contributed by atoms with E-state index in [1.165, 1.54) is 0 Å². The van der Waals surface area contributed by atoms with Gasteiger partial charge in [-0.3, -0.25) is 9.97 Å². The van der Waals surface area contributed by atoms with E-state index in [2.05, 4.69) is 53.5 Å². The number of fused-ring (bicyclic) bond motifs is 4. The Labute approximate surface area is 270 Å². The van der Waals surface area contributed by atoms with Crippen molar-refractivity contribution in [3.63, 3.8) is 0 Å². The number of hydrogen-bond donors (Lipinski definition) is 0. The maximum atomic E-state index is 5.98. The van der Waals surface area contributed by atoms with Crippen LogP contribution in [0, 0.1) is 0 Å². The zero-order valence-electron chi connectivity index (χ0n) is 25.1. The minimum absolute atomic E-state index is 0.619. The molecule has 0 aliphatic rings. The summed E-state index contributed by atoms with van der Waals surface area (Å²) < 4.78 is 5.98. The number of para-hydroxylation sites is 1. The molecule has 6 heteroatoms. The molecule has 0 saturated carbocycles. The minimum Gasteiger partial charge on any atom is -0.454 e. The summed E-state index contributed by atoms with van der Waals surface area (Å²) in [7, 11) is 0. The van der Waals surface area contributed by atoms with Gasteiger partial charge in [0, 0.05) is 39.0 Å². The van der Waals surface area contributed by atoms with Crippen LogP contribution in [-0.4, -0.2) is 24.9 Å². The standard InChI is InChI=1S/C41H25N5O/c1-3-11-26(12-4-1)39-44-40(27-13-5-2-6-14-27)46-41(45-39)30-17-9-15-28(21-30)31-19-10-16-29-22-35(42-24-34(29)31)36-23-33-32-18-7-8-20-37(32)47-38(33)25-43-36/h1-25H. The molecule has 5 aromatic carbocycles. The molecule has 0 atom stereocenters. The first-order valence-corrected chi connectivity index (χ1v) is 15.4. The quantitative estimate of drug-likeness (QED) is 0.195. The maximum Gasteiger partial charge on any atom is 0.164 e. The topological polar surface area (TPSA) is 77.6 Å². The minimum atomic E-state index is 0.619. The lowest BCUT2D eigenvalue weighted by atomic mass is 9.97. The van der Waals surface area contributed by atoms with Gasteiger partial charge < -0.3 is 4.42 Å². The molecule has 0 aliphatic heterocycles. The number of furan rings is 1. The third-order valence-electron chi connectivity index (χ3n) is 8.42. The van der Waals surface area contributed by atoms with Gasteiger partial charge >= 0.3 is 0 Å². The van der Waals surface area contributed by atoms with Gasteiger partial charge in [0.1, 0.15) is 5.58 Å². The fourth-order valence-corrected chi connectivity index (χ4v) is 6.10. The van der Waals surface area contributed by atoms with Crippen molar-refractivity contribution >= 4 is 32.7 Å². The van der Waals surface area contributed by atoms with Crippen molar-refractivity contribution in [2.24, 2.45) is 0 Å². The summed E-state index contributed by atoms with van der Waals surface area (Å²) in [4.78, 5) is 24.3. The van der Waals surface area contributed by atoms with Crippen molar-refractivity contribution in [3.8, 4) is 56.7 Å². The molecule has 0 N–H and O–H groups in total. The van der Waals surface area contributed by atoms with E-state index in [1.54, 1.807) is 6.20 Å². The highest BCUT2D eigenvalue weighted by Gasteiger charge is 2.15. The molecular formula is C41H25N5O. The van der Waals surface area contributed by atoms with Crippen LogP contribution < -0.4 is 0 Å². The van der Waals surface area contributed by atoms with Crippen molar-refractivity contribution in [3.05, 3.63) is 152 Å². The molecule has 0 fully saturated rings. The third-order valence-corrected chi connectivity index (χ3v) is 8.42. The maximum absolute atomic E-state index is 5.98. The third kappa shape index (κ3) is 4.89. The lowest BCUT2D eigenvalue weighted by Gasteiger charge is -2.11. The summed E-state index contributed by atoms with van der Waals surface area (Å²) in [6.07, 6.45) is 3.72. The molecule has 0 amide bonds. The highest BCUT2D eigenvalue weighted by molar-refractivity contribution is 6.06. The Morgan fingerprint density at radius 3 is 1.74 bits per heavy atom. The van der Waals surface area contributed by atoms with Crippen LogP contribution in [0.1, 0.15) is 0 Å². The van der Waals surface area contributed by atoms with Crippen LogP contribution in [0.4, 0.5) is 0 Å². The monoisotopic (exact) mass is 603 g/mol. The van der Waals surface area contributed by atoms with Crippen molar-refractivity contribution in [2.75, 3.05) is 0 Å². The lowest BCUT2D eigenvalue weighted by molar-refractivity contribution is 0.667. The summed E-state index contributed by atoms with van der Waals surface area (Å²) in [5.74, 6) is 1.89. The van der Waals surface area contributed by atoms with E-state index in [0.717, 1.165) is 71.9 Å². The van der Waals surface area contributed by atoms with Crippen LogP contribution in [0.3, 0.4) is 0 Å². The molecule has 0 spiro atoms. The molecule has 0 bridgehead atoms. The number of nitrogens with zero attached hydrogens (tertiary/aromatic N) is 5. The van der Waals surface area contributed by atoms with E-state index in [9.17, 15) is 0 Å². The van der Waals surface area contributed by atoms with Gasteiger partial charge in [0.15, 0.2) is 23.1 Å². The predicted octanol–water partition coefficient (Wildman–Crippen LogP) is 10.0. The molecule has 6 nitrogen and oxygen atoms in total. The number of pyridine rings is 2. The van der Waals surface area contributed by atoms with Crippen LogP contribution >= 0.6 is 0 Å². The normalized spacial score (nSPS) is 11.4. The molecule has 0 aliphatic carbocycles. The van der Waals surface area contributed by atoms with E-state index in [-0.39, 0.29) is 0 Å². The molecule has 4 aromatic heterocycles. The van der Waals surface area contributed by atoms with Crippen molar-refractivity contribution < 1.29 is 4.42 Å². The van der Waals surface area contributed by atoms with Gasteiger partial charge in [0.05, 0.1) is 17.6 Å². The van der Waals surface area contributed by atoms with Gasteiger partial charge in [-0.25, -0.2) is 15.0 Å². The molecule has 47 heavy (non-hydrogen) atoms. The molecule has 4 heterocycles. The van der Waals surface area contributed by atoms with Crippen molar-refractivity contribution in [1.29, 1.82) is 0 Å². The number of rotatable bonds is 5. The first kappa shape index (κ1) is 26.8. The number of aromatic nitrogens is 5. The average molecular weight is 604 g/mol. The van der Waals surface area contributed by atoms with Crippen LogP contribution in [-0.2, 0) is 0 Å². The Morgan fingerprint density at radius 1 is 0.383 bits per heavy atom. The van der Waals surface area contributed by atoms with Gasteiger partial charge in [0.25, 0.3) is 0 Å². The highest BCUT2D eigenvalue weighted by atomic mass is 16.3. The Hall–Kier alpha value is -6.53. The first-order chi connectivity index (χ1) is 23.3. The second kappa shape index (κ2) is 11.1. The van der Waals surface area contributed by atoms with E-state index in [0.29, 0.717) is 17.5 Å². The molecule has 9 aromatic rings. The zero-order chi connectivity index (χ0) is 31.2. The Kier molecular flexibility index (Phi) is 6.35. The predicted molar refractivity (Wildman–Crippen MR) is 187 cm³/mol. The Balaban J connectivity index is 1.12. The summed E-state index contributed by atoms with van der Waals surface area (Å²) >= 11 is 0. The van der Waals surface area contributed by atoms with Crippen LogP contribution in [0.25, 0.3) is 89.4 Å². The smallest absolute Gasteiger partial charge is 0.164 e. The number of benzene rings is 5. The van der Waals surface area contributed by atoms with Gasteiger partial charge in [-0.15, -0.1) is 0 Å². The summed E-state index contributed by atoms with van der Waals surface area (Å²) in [5, 5.41) is 4.23. The Morgan fingerprint density at radius 2 is 0.979 bits per heavy atom. The lowest BCUT2D eigenvalue weighted by Crippen LogP contribution is -2.00. The molecule has 0 radical (unpaired) electrons. The average Bonchev–Trinajstić information content (AvgIpc) is 3.53. The fourth-order valence-electron chi connectivity index (χ4n) is 6.10. The summed E-state index contributed by atoms with van der Waals surface area (Å²) in [6, 6.07) is 46.9. The van der Waals surface area contributed by atoms with E-state index in [4.69, 9.17) is 24.4 Å². The van der Waals surface area contributed by atoms with Gasteiger partial charge in [-0.05, 0) is 40.8 Å². The van der Waals surface area contributed by atoms with Crippen LogP contribution in [0.2, 0.25) is 0 Å². The fraction of sp³-hybridized carbons (Fsp3) is 0. The summed E-state index contributed by atoms with van der Waals surface area (Å²) in [5.41, 5.74) is 8.14. The molecule has 0 unspecified atom stereocenters. The molecule has 9 rings (SSSR count). The van der Waals surface area contributed by atoms with Crippen molar-refractivity contribution in [1.82, 2.24) is 24.9 Å². The molecule has 0 saturated heterocycles. The Bertz CT molecular complexity index is 2520. The van der Waals surface area contributed by atoms with Crippen LogP contribution in [0.15, 0.2) is 156 Å². The second-order valence-electron chi connectivity index (χ2n) is 11.4. The van der Waals surface area contributed by atoms with Gasteiger partial charge in [-0.1, -0.05) is 115 Å². The zero-order valence-corrected chi connectivity index (χ0v) is 25.1. The second-order valence-corrected chi connectivity index (χ2v) is 11.4. The molecular weight excluding hydrogens is 578 g/mol. The largest absolute Gasteiger partial charge is 0.454 e. The highest BCUT2D eigenvalue weighted by Crippen LogP contribution is 2.35. The van der Waals surface area contributed by atoms with Gasteiger partial charge in [-0.2, -0.15) is 0 Å². The van der Waals surface area contributed by atoms with E-state index in [1.807, 2.05) is 97.2 Å². The SMILES string of the molecule is c1ccc(-c2nc(-c3ccccc3)nc(-c3cccc(-c4cccc5cc(-c6cc7c(cn6)oc6ccccc67)ncc45)c3)n2)cc1. The molecule has 220 valence electrons. The van der Waals surface area contributed by atoms with Crippen molar-refractivity contribution in [2.45, 2.75) is 0 Å².